The molecular formula is C36H24S3. The van der Waals surface area contributed by atoms with E-state index in [1.807, 2.05) is 34.4 Å². The first-order valence-corrected chi connectivity index (χ1v) is 16.1. The number of thiophene rings is 2. The summed E-state index contributed by atoms with van der Waals surface area (Å²) in [6, 6.07) is 32.5. The number of fused-ring (bicyclic) bond motifs is 6. The van der Waals surface area contributed by atoms with E-state index in [0.717, 1.165) is 0 Å². The summed E-state index contributed by atoms with van der Waals surface area (Å²) in [5.41, 5.74) is 3.83. The lowest BCUT2D eigenvalue weighted by Crippen LogP contribution is -1.85. The lowest BCUT2D eigenvalue weighted by Gasteiger charge is -2.10. The van der Waals surface area contributed by atoms with Gasteiger partial charge in [-0.2, -0.15) is 0 Å². The molecular weight excluding hydrogens is 529 g/mol. The molecule has 0 nitrogen and oxygen atoms in total. The Hall–Kier alpha value is -3.63. The molecule has 0 spiro atoms. The molecule has 0 amide bonds. The fourth-order valence-electron chi connectivity index (χ4n) is 5.82. The molecule has 0 saturated heterocycles. The van der Waals surface area contributed by atoms with Crippen LogP contribution in [0.25, 0.3) is 75.4 Å². The van der Waals surface area contributed by atoms with Crippen molar-refractivity contribution in [2.45, 2.75) is 11.8 Å². The second-order valence-electron chi connectivity index (χ2n) is 10.4. The molecule has 6 aromatic carbocycles. The predicted molar refractivity (Wildman–Crippen MR) is 179 cm³/mol. The van der Waals surface area contributed by atoms with E-state index in [-0.39, 0.29) is 0 Å². The van der Waals surface area contributed by atoms with E-state index in [2.05, 4.69) is 121 Å². The van der Waals surface area contributed by atoms with E-state index >= 15 is 0 Å². The maximum atomic E-state index is 2.35. The van der Waals surface area contributed by atoms with Crippen LogP contribution in [0.2, 0.25) is 0 Å². The maximum Gasteiger partial charge on any atom is 0.0349 e. The third-order valence-electron chi connectivity index (χ3n) is 7.91. The minimum Gasteiger partial charge on any atom is -0.144 e. The van der Waals surface area contributed by atoms with Crippen molar-refractivity contribution in [3.05, 3.63) is 112 Å². The van der Waals surface area contributed by atoms with Crippen LogP contribution in [0.4, 0.5) is 0 Å². The van der Waals surface area contributed by atoms with Crippen molar-refractivity contribution in [2.75, 3.05) is 6.26 Å². The highest BCUT2D eigenvalue weighted by Crippen LogP contribution is 2.35. The van der Waals surface area contributed by atoms with Gasteiger partial charge in [-0.3, -0.25) is 0 Å². The van der Waals surface area contributed by atoms with Gasteiger partial charge in [0.15, 0.2) is 0 Å². The molecule has 8 aromatic rings. The zero-order valence-electron chi connectivity index (χ0n) is 21.6. The normalized spacial score (nSPS) is 12.4. The molecule has 0 atom stereocenters. The summed E-state index contributed by atoms with van der Waals surface area (Å²) in [6.07, 6.45) is 6.76. The summed E-state index contributed by atoms with van der Waals surface area (Å²) in [6.45, 7) is 2.22. The second kappa shape index (κ2) is 8.96. The Labute approximate surface area is 239 Å². The molecule has 2 aromatic heterocycles. The third kappa shape index (κ3) is 3.96. The van der Waals surface area contributed by atoms with Gasteiger partial charge in [0.05, 0.1) is 0 Å². The van der Waals surface area contributed by atoms with E-state index in [1.165, 1.54) is 84.8 Å². The topological polar surface area (TPSA) is 0 Å². The molecule has 0 fully saturated rings. The summed E-state index contributed by atoms with van der Waals surface area (Å²) in [7, 11) is 0. The van der Waals surface area contributed by atoms with Gasteiger partial charge in [0.2, 0.25) is 0 Å². The van der Waals surface area contributed by atoms with E-state index in [4.69, 9.17) is 0 Å². The molecule has 0 aliphatic carbocycles. The molecule has 0 aliphatic rings. The zero-order chi connectivity index (χ0) is 26.1. The van der Waals surface area contributed by atoms with Crippen molar-refractivity contribution in [3.8, 4) is 0 Å². The first-order chi connectivity index (χ1) is 19.1. The molecule has 3 heteroatoms. The van der Waals surface area contributed by atoms with Crippen molar-refractivity contribution in [1.29, 1.82) is 0 Å². The SMILES string of the molecule is CSc1cc2cc3cc4sccc4cc3cc2cc1/C=C/c1cc2cc3cc4ccsc4cc3cc2cc1C. The maximum absolute atomic E-state index is 2.35. The molecule has 0 aliphatic heterocycles. The highest BCUT2D eigenvalue weighted by Gasteiger charge is 2.08. The Kier molecular flexibility index (Phi) is 5.34. The van der Waals surface area contributed by atoms with Crippen LogP contribution in [0.15, 0.2) is 101 Å². The first kappa shape index (κ1) is 23.3. The molecule has 0 saturated carbocycles. The van der Waals surface area contributed by atoms with Crippen LogP contribution in [0.5, 0.6) is 0 Å². The quantitative estimate of drug-likeness (QED) is 0.119. The summed E-state index contributed by atoms with van der Waals surface area (Å²) >= 11 is 5.44. The zero-order valence-corrected chi connectivity index (χ0v) is 24.1. The van der Waals surface area contributed by atoms with Crippen molar-refractivity contribution in [3.63, 3.8) is 0 Å². The van der Waals surface area contributed by atoms with Gasteiger partial charge in [0.1, 0.15) is 0 Å². The smallest absolute Gasteiger partial charge is 0.0349 e. The Morgan fingerprint density at radius 2 is 0.923 bits per heavy atom. The highest BCUT2D eigenvalue weighted by atomic mass is 32.2. The summed E-state index contributed by atoms with van der Waals surface area (Å²) in [4.78, 5) is 1.31. The lowest BCUT2D eigenvalue weighted by molar-refractivity contribution is 1.46. The molecule has 2 heterocycles. The van der Waals surface area contributed by atoms with Gasteiger partial charge in [-0.05, 0) is 173 Å². The Balaban J connectivity index is 1.23. The minimum atomic E-state index is 1.27. The fourth-order valence-corrected chi connectivity index (χ4v) is 8.06. The van der Waals surface area contributed by atoms with Crippen LogP contribution in [-0.2, 0) is 0 Å². The van der Waals surface area contributed by atoms with Gasteiger partial charge < -0.3 is 0 Å². The van der Waals surface area contributed by atoms with Crippen LogP contribution in [0.3, 0.4) is 0 Å². The summed E-state index contributed by atoms with van der Waals surface area (Å²) < 4.78 is 2.70. The fraction of sp³-hybridized carbons (Fsp3) is 0.0556. The molecule has 0 radical (unpaired) electrons. The van der Waals surface area contributed by atoms with Gasteiger partial charge in [0, 0.05) is 14.3 Å². The largest absolute Gasteiger partial charge is 0.144 e. The van der Waals surface area contributed by atoms with Crippen LogP contribution in [0, 0.1) is 6.92 Å². The second-order valence-corrected chi connectivity index (χ2v) is 13.1. The number of hydrogen-bond acceptors (Lipinski definition) is 3. The van der Waals surface area contributed by atoms with E-state index in [1.54, 1.807) is 0 Å². The number of rotatable bonds is 3. The van der Waals surface area contributed by atoms with Crippen LogP contribution < -0.4 is 0 Å². The van der Waals surface area contributed by atoms with Gasteiger partial charge in [0.25, 0.3) is 0 Å². The van der Waals surface area contributed by atoms with Crippen LogP contribution >= 0.6 is 34.4 Å². The van der Waals surface area contributed by atoms with Crippen molar-refractivity contribution < 1.29 is 0 Å². The van der Waals surface area contributed by atoms with Gasteiger partial charge in [-0.25, -0.2) is 0 Å². The van der Waals surface area contributed by atoms with E-state index < -0.39 is 0 Å². The Bertz CT molecular complexity index is 2280. The molecule has 39 heavy (non-hydrogen) atoms. The number of thioether (sulfide) groups is 1. The van der Waals surface area contributed by atoms with Crippen molar-refractivity contribution in [1.82, 2.24) is 0 Å². The van der Waals surface area contributed by atoms with Gasteiger partial charge in [-0.15, -0.1) is 34.4 Å². The average Bonchev–Trinajstić information content (AvgIpc) is 3.59. The first-order valence-electron chi connectivity index (χ1n) is 13.1. The van der Waals surface area contributed by atoms with Crippen LogP contribution in [-0.4, -0.2) is 6.26 Å². The monoisotopic (exact) mass is 552 g/mol. The van der Waals surface area contributed by atoms with E-state index in [9.17, 15) is 0 Å². The number of aryl methyl sites for hydroxylation is 1. The van der Waals surface area contributed by atoms with Gasteiger partial charge >= 0.3 is 0 Å². The standard InChI is InChI=1S/C36H24S3/c1-21-9-26-14-32-19-35-24(5-7-38-35)12-29(32)15-27(26)10-22(21)3-4-23-11-28-16-30-13-25-6-8-39-36(25)20-33(30)17-31(28)18-34(23)37-2/h3-20H,1-2H3/b4-3+. The number of benzene rings is 6. The third-order valence-corrected chi connectivity index (χ3v) is 10.5. The Morgan fingerprint density at radius 1 is 0.487 bits per heavy atom. The Morgan fingerprint density at radius 3 is 1.51 bits per heavy atom. The predicted octanol–water partition coefficient (Wildman–Crippen LogP) is 11.9. The highest BCUT2D eigenvalue weighted by molar-refractivity contribution is 7.98. The molecule has 0 N–H and O–H groups in total. The number of hydrogen-bond donors (Lipinski definition) is 0. The summed E-state index contributed by atoms with van der Waals surface area (Å²) in [5.74, 6) is 0. The molecule has 0 bridgehead atoms. The van der Waals surface area contributed by atoms with Crippen molar-refractivity contribution in [2.24, 2.45) is 0 Å². The van der Waals surface area contributed by atoms with E-state index in [0.29, 0.717) is 0 Å². The van der Waals surface area contributed by atoms with Gasteiger partial charge in [-0.1, -0.05) is 18.2 Å². The molecule has 8 rings (SSSR count). The minimum absolute atomic E-state index is 1.27. The lowest BCUT2D eigenvalue weighted by atomic mass is 9.97. The van der Waals surface area contributed by atoms with Crippen LogP contribution in [0.1, 0.15) is 16.7 Å². The average molecular weight is 553 g/mol. The van der Waals surface area contributed by atoms with Crippen molar-refractivity contribution >= 4 is 110 Å². The molecule has 0 unspecified atom stereocenters. The summed E-state index contributed by atoms with van der Waals surface area (Å²) in [5, 5.41) is 17.4. The molecule has 186 valence electrons.